The lowest BCUT2D eigenvalue weighted by Crippen LogP contribution is -2.31. The first kappa shape index (κ1) is 24.8. The maximum Gasteiger partial charge on any atom is 0.338 e. The minimum atomic E-state index is -3.90. The SMILES string of the molecule is COc1ccccc1N(C)S(=O)(=O)c1ccc(C(=O)OCC(=O)N[C@H](C)c2ccccc2)cc1. The Balaban J connectivity index is 1.62. The first-order valence-electron chi connectivity index (χ1n) is 10.5. The van der Waals surface area contributed by atoms with Crippen molar-refractivity contribution < 1.29 is 27.5 Å². The number of anilines is 1. The number of para-hydroxylation sites is 2. The van der Waals surface area contributed by atoms with Crippen molar-refractivity contribution in [3.8, 4) is 5.75 Å². The van der Waals surface area contributed by atoms with Crippen molar-refractivity contribution >= 4 is 27.6 Å². The summed E-state index contributed by atoms with van der Waals surface area (Å²) in [7, 11) is -1.01. The van der Waals surface area contributed by atoms with Gasteiger partial charge in [-0.1, -0.05) is 42.5 Å². The molecule has 0 aliphatic heterocycles. The van der Waals surface area contributed by atoms with Crippen LogP contribution in [0.1, 0.15) is 28.9 Å². The topological polar surface area (TPSA) is 102 Å². The number of nitrogens with zero attached hydrogens (tertiary/aromatic N) is 1. The van der Waals surface area contributed by atoms with E-state index in [1.54, 1.807) is 24.3 Å². The Bertz CT molecular complexity index is 1240. The Morgan fingerprint density at radius 3 is 2.21 bits per heavy atom. The molecule has 0 saturated heterocycles. The quantitative estimate of drug-likeness (QED) is 0.468. The number of amides is 1. The molecule has 0 fully saturated rings. The summed E-state index contributed by atoms with van der Waals surface area (Å²) in [6, 6.07) is 21.2. The number of esters is 1. The molecular formula is C25H26N2O6S. The number of rotatable bonds is 9. The lowest BCUT2D eigenvalue weighted by Gasteiger charge is -2.21. The zero-order chi connectivity index (χ0) is 24.7. The second kappa shape index (κ2) is 10.8. The van der Waals surface area contributed by atoms with E-state index in [0.717, 1.165) is 9.87 Å². The van der Waals surface area contributed by atoms with Crippen LogP contribution in [0.4, 0.5) is 5.69 Å². The number of ether oxygens (including phenoxy) is 2. The van der Waals surface area contributed by atoms with E-state index in [0.29, 0.717) is 11.4 Å². The Kier molecular flexibility index (Phi) is 7.91. The number of hydrogen-bond donors (Lipinski definition) is 1. The van der Waals surface area contributed by atoms with Gasteiger partial charge < -0.3 is 14.8 Å². The van der Waals surface area contributed by atoms with E-state index in [1.807, 2.05) is 37.3 Å². The van der Waals surface area contributed by atoms with E-state index in [9.17, 15) is 18.0 Å². The van der Waals surface area contributed by atoms with E-state index in [1.165, 1.54) is 38.4 Å². The number of methoxy groups -OCH3 is 1. The van der Waals surface area contributed by atoms with Crippen LogP contribution in [0, 0.1) is 0 Å². The maximum atomic E-state index is 13.0. The Labute approximate surface area is 199 Å². The van der Waals surface area contributed by atoms with Gasteiger partial charge in [-0.2, -0.15) is 0 Å². The predicted octanol–water partition coefficient (Wildman–Crippen LogP) is 3.55. The largest absolute Gasteiger partial charge is 0.495 e. The van der Waals surface area contributed by atoms with Gasteiger partial charge in [-0.3, -0.25) is 9.10 Å². The minimum absolute atomic E-state index is 0.00751. The Morgan fingerprint density at radius 1 is 0.941 bits per heavy atom. The Hall–Kier alpha value is -3.85. The van der Waals surface area contributed by atoms with Crippen LogP contribution in [0.25, 0.3) is 0 Å². The molecule has 0 aliphatic carbocycles. The molecule has 3 rings (SSSR count). The van der Waals surface area contributed by atoms with Gasteiger partial charge in [0, 0.05) is 7.05 Å². The lowest BCUT2D eigenvalue weighted by molar-refractivity contribution is -0.124. The fraction of sp³-hybridized carbons (Fsp3) is 0.200. The van der Waals surface area contributed by atoms with E-state index in [4.69, 9.17) is 9.47 Å². The summed E-state index contributed by atoms with van der Waals surface area (Å²) in [5, 5.41) is 2.76. The van der Waals surface area contributed by atoms with E-state index >= 15 is 0 Å². The van der Waals surface area contributed by atoms with Gasteiger partial charge in [-0.05, 0) is 48.9 Å². The monoisotopic (exact) mass is 482 g/mol. The van der Waals surface area contributed by atoms with Crippen LogP contribution in [0.2, 0.25) is 0 Å². The van der Waals surface area contributed by atoms with Crippen LogP contribution in [0.3, 0.4) is 0 Å². The van der Waals surface area contributed by atoms with E-state index in [-0.39, 0.29) is 16.5 Å². The highest BCUT2D eigenvalue weighted by molar-refractivity contribution is 7.92. The first-order valence-corrected chi connectivity index (χ1v) is 11.9. The summed E-state index contributed by atoms with van der Waals surface area (Å²) < 4.78 is 37.5. The van der Waals surface area contributed by atoms with E-state index < -0.39 is 28.5 Å². The molecule has 0 aliphatic rings. The van der Waals surface area contributed by atoms with Gasteiger partial charge in [0.05, 0.1) is 29.3 Å². The van der Waals surface area contributed by atoms with Crippen molar-refractivity contribution in [1.29, 1.82) is 0 Å². The highest BCUT2D eigenvalue weighted by Crippen LogP contribution is 2.30. The number of carbonyl (C=O) groups is 2. The van der Waals surface area contributed by atoms with Crippen LogP contribution in [-0.4, -0.2) is 41.1 Å². The molecule has 34 heavy (non-hydrogen) atoms. The summed E-state index contributed by atoms with van der Waals surface area (Å²) in [6.45, 7) is 1.38. The third kappa shape index (κ3) is 5.74. The summed E-state index contributed by atoms with van der Waals surface area (Å²) in [5.74, 6) is -0.763. The van der Waals surface area contributed by atoms with Crippen molar-refractivity contribution in [3.63, 3.8) is 0 Å². The van der Waals surface area contributed by atoms with Gasteiger partial charge >= 0.3 is 5.97 Å². The molecule has 8 nitrogen and oxygen atoms in total. The van der Waals surface area contributed by atoms with Crippen LogP contribution < -0.4 is 14.4 Å². The maximum absolute atomic E-state index is 13.0. The van der Waals surface area contributed by atoms with Crippen molar-refractivity contribution in [3.05, 3.63) is 90.0 Å². The molecule has 0 radical (unpaired) electrons. The highest BCUT2D eigenvalue weighted by Gasteiger charge is 2.24. The van der Waals surface area contributed by atoms with Gasteiger partial charge in [-0.15, -0.1) is 0 Å². The Morgan fingerprint density at radius 2 is 1.56 bits per heavy atom. The third-order valence-corrected chi connectivity index (χ3v) is 6.97. The predicted molar refractivity (Wildman–Crippen MR) is 128 cm³/mol. The number of carbonyl (C=O) groups excluding carboxylic acids is 2. The molecule has 0 heterocycles. The summed E-state index contributed by atoms with van der Waals surface area (Å²) in [4.78, 5) is 24.4. The van der Waals surface area contributed by atoms with Crippen molar-refractivity contribution in [2.45, 2.75) is 17.9 Å². The number of nitrogens with one attached hydrogen (secondary N) is 1. The molecule has 1 atom stereocenters. The van der Waals surface area contributed by atoms with Gasteiger partial charge in [0.2, 0.25) is 0 Å². The molecule has 0 bridgehead atoms. The molecule has 3 aromatic carbocycles. The van der Waals surface area contributed by atoms with E-state index in [2.05, 4.69) is 5.32 Å². The molecule has 1 amide bonds. The third-order valence-electron chi connectivity index (χ3n) is 5.18. The van der Waals surface area contributed by atoms with Crippen LogP contribution in [0.15, 0.2) is 83.8 Å². The normalized spacial score (nSPS) is 11.9. The molecular weight excluding hydrogens is 456 g/mol. The standard InChI is InChI=1S/C25H26N2O6S/c1-18(19-9-5-4-6-10-19)26-24(28)17-33-25(29)20-13-15-21(16-14-20)34(30,31)27(2)22-11-7-8-12-23(22)32-3/h4-16,18H,17H2,1-3H3,(H,26,28)/t18-/m1/s1. The van der Waals surface area contributed by atoms with Gasteiger partial charge in [0.15, 0.2) is 6.61 Å². The molecule has 0 unspecified atom stereocenters. The van der Waals surface area contributed by atoms with Gasteiger partial charge in [0.25, 0.3) is 15.9 Å². The number of sulfonamides is 1. The summed E-state index contributed by atoms with van der Waals surface area (Å²) in [6.07, 6.45) is 0. The van der Waals surface area contributed by atoms with Crippen LogP contribution in [0.5, 0.6) is 5.75 Å². The highest BCUT2D eigenvalue weighted by atomic mass is 32.2. The van der Waals surface area contributed by atoms with Crippen LogP contribution in [-0.2, 0) is 19.6 Å². The second-order valence-corrected chi connectivity index (χ2v) is 9.41. The molecule has 0 saturated carbocycles. The second-order valence-electron chi connectivity index (χ2n) is 7.44. The minimum Gasteiger partial charge on any atom is -0.495 e. The van der Waals surface area contributed by atoms with Crippen molar-refractivity contribution in [1.82, 2.24) is 5.32 Å². The molecule has 0 aromatic heterocycles. The average molecular weight is 483 g/mol. The molecule has 9 heteroatoms. The average Bonchev–Trinajstić information content (AvgIpc) is 2.87. The zero-order valence-electron chi connectivity index (χ0n) is 19.1. The van der Waals surface area contributed by atoms with Crippen molar-refractivity contribution in [2.75, 3.05) is 25.1 Å². The molecule has 178 valence electrons. The van der Waals surface area contributed by atoms with Gasteiger partial charge in [-0.25, -0.2) is 13.2 Å². The fourth-order valence-corrected chi connectivity index (χ4v) is 4.47. The molecule has 3 aromatic rings. The smallest absolute Gasteiger partial charge is 0.338 e. The summed E-state index contributed by atoms with van der Waals surface area (Å²) >= 11 is 0. The fourth-order valence-electron chi connectivity index (χ4n) is 3.26. The first-order chi connectivity index (χ1) is 16.2. The molecule has 0 spiro atoms. The van der Waals surface area contributed by atoms with Crippen LogP contribution >= 0.6 is 0 Å². The lowest BCUT2D eigenvalue weighted by atomic mass is 10.1. The summed E-state index contributed by atoms with van der Waals surface area (Å²) in [5.41, 5.74) is 1.43. The van der Waals surface area contributed by atoms with Crippen molar-refractivity contribution in [2.24, 2.45) is 0 Å². The number of hydrogen-bond acceptors (Lipinski definition) is 6. The zero-order valence-corrected chi connectivity index (χ0v) is 19.9. The number of benzene rings is 3. The van der Waals surface area contributed by atoms with Gasteiger partial charge in [0.1, 0.15) is 5.75 Å². The molecule has 1 N–H and O–H groups in total.